The molecule has 0 aromatic rings. The zero-order chi connectivity index (χ0) is 14.9. The fourth-order valence-electron chi connectivity index (χ4n) is 2.13. The molecule has 0 bridgehead atoms. The maximum absolute atomic E-state index is 11.6. The van der Waals surface area contributed by atoms with E-state index in [0.29, 0.717) is 11.8 Å². The lowest BCUT2D eigenvalue weighted by Crippen LogP contribution is -2.40. The molecule has 1 amide bonds. The molecule has 0 rings (SSSR count). The number of carbonyl (C=O) groups excluding carboxylic acids is 1. The van der Waals surface area contributed by atoms with Crippen LogP contribution in [0.3, 0.4) is 0 Å². The number of rotatable bonds is 8. The second-order valence-electron chi connectivity index (χ2n) is 7.98. The van der Waals surface area contributed by atoms with Crippen LogP contribution in [0.5, 0.6) is 0 Å². The minimum Gasteiger partial charge on any atom is -0.352 e. The summed E-state index contributed by atoms with van der Waals surface area (Å²) in [5.41, 5.74) is 0.384. The van der Waals surface area contributed by atoms with E-state index in [0.717, 1.165) is 6.42 Å². The molecule has 0 unspecified atom stereocenters. The highest BCUT2D eigenvalue weighted by molar-refractivity contribution is 5.76. The highest BCUT2D eigenvalue weighted by atomic mass is 16.1. The first-order valence-electron chi connectivity index (χ1n) is 7.91. The second kappa shape index (κ2) is 8.60. The van der Waals surface area contributed by atoms with Crippen LogP contribution in [0.25, 0.3) is 0 Å². The van der Waals surface area contributed by atoms with E-state index in [4.69, 9.17) is 0 Å². The first kappa shape index (κ1) is 18.5. The van der Waals surface area contributed by atoms with Gasteiger partial charge in [0.25, 0.3) is 0 Å². The summed E-state index contributed by atoms with van der Waals surface area (Å²) in [6, 6.07) is 0. The van der Waals surface area contributed by atoms with Gasteiger partial charge >= 0.3 is 0 Å². The molecule has 0 radical (unpaired) electrons. The third-order valence-corrected chi connectivity index (χ3v) is 3.10. The Morgan fingerprint density at radius 3 is 1.74 bits per heavy atom. The molecular formula is C17H35NO. The average molecular weight is 269 g/mol. The molecule has 0 aromatic carbocycles. The molecule has 0 saturated heterocycles. The summed E-state index contributed by atoms with van der Waals surface area (Å²) in [4.78, 5) is 11.6. The molecule has 0 aliphatic rings. The molecule has 0 aromatic heterocycles. The summed E-state index contributed by atoms with van der Waals surface area (Å²) in [5.74, 6) is 0.195. The van der Waals surface area contributed by atoms with Crippen LogP contribution in [0, 0.1) is 5.41 Å². The summed E-state index contributed by atoms with van der Waals surface area (Å²) >= 11 is 0. The lowest BCUT2D eigenvalue weighted by Gasteiger charge is -2.20. The van der Waals surface area contributed by atoms with Gasteiger partial charge in [-0.3, -0.25) is 4.79 Å². The van der Waals surface area contributed by atoms with Crippen molar-refractivity contribution in [1.29, 1.82) is 0 Å². The minimum absolute atomic E-state index is 0.0932. The molecule has 0 aliphatic heterocycles. The van der Waals surface area contributed by atoms with E-state index in [1.54, 1.807) is 0 Å². The topological polar surface area (TPSA) is 29.1 Å². The van der Waals surface area contributed by atoms with E-state index in [2.05, 4.69) is 26.1 Å². The number of nitrogens with one attached hydrogen (secondary N) is 1. The molecule has 19 heavy (non-hydrogen) atoms. The predicted molar refractivity (Wildman–Crippen MR) is 84.3 cm³/mol. The van der Waals surface area contributed by atoms with Crippen LogP contribution in [0.15, 0.2) is 0 Å². The summed E-state index contributed by atoms with van der Waals surface area (Å²) in [6.07, 6.45) is 9.48. The van der Waals surface area contributed by atoms with E-state index in [1.165, 1.54) is 38.5 Å². The van der Waals surface area contributed by atoms with Crippen molar-refractivity contribution in [3.05, 3.63) is 0 Å². The van der Waals surface area contributed by atoms with Gasteiger partial charge in [-0.05, 0) is 39.0 Å². The van der Waals surface area contributed by atoms with Gasteiger partial charge in [-0.15, -0.1) is 0 Å². The summed E-state index contributed by atoms with van der Waals surface area (Å²) in [5, 5.41) is 3.01. The van der Waals surface area contributed by atoms with Gasteiger partial charge in [-0.25, -0.2) is 0 Å². The van der Waals surface area contributed by atoms with Crippen LogP contribution >= 0.6 is 0 Å². The van der Waals surface area contributed by atoms with Gasteiger partial charge in [-0.2, -0.15) is 0 Å². The molecule has 2 heteroatoms. The molecular weight excluding hydrogens is 234 g/mol. The van der Waals surface area contributed by atoms with Crippen molar-refractivity contribution in [2.24, 2.45) is 5.41 Å². The lowest BCUT2D eigenvalue weighted by atomic mass is 9.89. The second-order valence-corrected chi connectivity index (χ2v) is 7.98. The quantitative estimate of drug-likeness (QED) is 0.612. The Hall–Kier alpha value is -0.530. The van der Waals surface area contributed by atoms with Crippen molar-refractivity contribution >= 4 is 5.91 Å². The fourth-order valence-corrected chi connectivity index (χ4v) is 2.13. The van der Waals surface area contributed by atoms with Gasteiger partial charge in [0.05, 0.1) is 0 Å². The molecule has 0 saturated carbocycles. The highest BCUT2D eigenvalue weighted by Gasteiger charge is 2.12. The molecule has 0 fully saturated rings. The van der Waals surface area contributed by atoms with E-state index >= 15 is 0 Å². The van der Waals surface area contributed by atoms with E-state index in [-0.39, 0.29) is 11.4 Å². The Morgan fingerprint density at radius 2 is 1.26 bits per heavy atom. The Kier molecular flexibility index (Phi) is 8.36. The van der Waals surface area contributed by atoms with Crippen LogP contribution in [0.4, 0.5) is 0 Å². The number of hydrogen-bond donors (Lipinski definition) is 1. The Bertz CT molecular complexity index is 245. The first-order valence-corrected chi connectivity index (χ1v) is 7.91. The van der Waals surface area contributed by atoms with Crippen molar-refractivity contribution < 1.29 is 4.79 Å². The Balaban J connectivity index is 3.35. The van der Waals surface area contributed by atoms with Gasteiger partial charge in [0.15, 0.2) is 0 Å². The summed E-state index contributed by atoms with van der Waals surface area (Å²) in [6.45, 7) is 13.0. The minimum atomic E-state index is -0.0932. The largest absolute Gasteiger partial charge is 0.352 e. The monoisotopic (exact) mass is 269 g/mol. The highest BCUT2D eigenvalue weighted by Crippen LogP contribution is 2.22. The van der Waals surface area contributed by atoms with Gasteiger partial charge < -0.3 is 5.32 Å². The maximum atomic E-state index is 11.6. The predicted octanol–water partition coefficient (Wildman–Crippen LogP) is 5.07. The summed E-state index contributed by atoms with van der Waals surface area (Å²) < 4.78 is 0. The fraction of sp³-hybridized carbons (Fsp3) is 0.941. The van der Waals surface area contributed by atoms with E-state index in [1.807, 2.05) is 20.8 Å². The van der Waals surface area contributed by atoms with Crippen LogP contribution in [0.2, 0.25) is 0 Å². The third-order valence-electron chi connectivity index (χ3n) is 3.10. The third kappa shape index (κ3) is 15.4. The van der Waals surface area contributed by atoms with E-state index in [9.17, 15) is 4.79 Å². The van der Waals surface area contributed by atoms with Gasteiger partial charge in [0.1, 0.15) is 0 Å². The smallest absolute Gasteiger partial charge is 0.220 e. The van der Waals surface area contributed by atoms with Crippen LogP contribution in [0.1, 0.15) is 92.9 Å². The summed E-state index contributed by atoms with van der Waals surface area (Å²) in [7, 11) is 0. The van der Waals surface area contributed by atoms with Crippen molar-refractivity contribution in [2.75, 3.05) is 0 Å². The Labute approximate surface area is 120 Å². The van der Waals surface area contributed by atoms with E-state index < -0.39 is 0 Å². The molecule has 1 N–H and O–H groups in total. The standard InChI is InChI=1S/C17H35NO/c1-16(2,3)14-12-10-8-7-9-11-13-15(19)18-17(4,5)6/h7-14H2,1-6H3,(H,18,19). The van der Waals surface area contributed by atoms with Crippen molar-refractivity contribution in [1.82, 2.24) is 5.32 Å². The molecule has 2 nitrogen and oxygen atoms in total. The maximum Gasteiger partial charge on any atom is 0.220 e. The molecule has 0 atom stereocenters. The number of amides is 1. The number of carbonyl (C=O) groups is 1. The zero-order valence-corrected chi connectivity index (χ0v) is 14.1. The Morgan fingerprint density at radius 1 is 0.789 bits per heavy atom. The average Bonchev–Trinajstić information content (AvgIpc) is 2.17. The van der Waals surface area contributed by atoms with Gasteiger partial charge in [0.2, 0.25) is 5.91 Å². The number of hydrogen-bond acceptors (Lipinski definition) is 1. The molecule has 0 heterocycles. The van der Waals surface area contributed by atoms with Crippen molar-refractivity contribution in [3.8, 4) is 0 Å². The number of unbranched alkanes of at least 4 members (excludes halogenated alkanes) is 5. The van der Waals surface area contributed by atoms with Crippen molar-refractivity contribution in [3.63, 3.8) is 0 Å². The van der Waals surface area contributed by atoms with Gasteiger partial charge in [-0.1, -0.05) is 52.9 Å². The van der Waals surface area contributed by atoms with Crippen LogP contribution < -0.4 is 5.32 Å². The van der Waals surface area contributed by atoms with Crippen LogP contribution in [-0.4, -0.2) is 11.4 Å². The SMILES string of the molecule is CC(C)(C)CCCCCCCCC(=O)NC(C)(C)C. The van der Waals surface area contributed by atoms with Crippen LogP contribution in [-0.2, 0) is 4.79 Å². The lowest BCUT2D eigenvalue weighted by molar-refractivity contribution is -0.122. The van der Waals surface area contributed by atoms with Gasteiger partial charge in [0, 0.05) is 12.0 Å². The first-order chi connectivity index (χ1) is 8.60. The molecule has 0 aliphatic carbocycles. The molecule has 0 spiro atoms. The zero-order valence-electron chi connectivity index (χ0n) is 14.1. The molecule has 114 valence electrons. The normalized spacial score (nSPS) is 12.5. The van der Waals surface area contributed by atoms with Crippen molar-refractivity contribution in [2.45, 2.75) is 98.4 Å².